The van der Waals surface area contributed by atoms with Gasteiger partial charge in [-0.25, -0.2) is 0 Å². The second kappa shape index (κ2) is 5.96. The molecule has 0 aliphatic heterocycles. The van der Waals surface area contributed by atoms with Crippen LogP contribution in [0.25, 0.3) is 0 Å². The van der Waals surface area contributed by atoms with Gasteiger partial charge in [0.2, 0.25) is 0 Å². The second-order valence-corrected chi connectivity index (χ2v) is 3.84. The first-order valence-electron chi connectivity index (χ1n) is 5.27. The molecule has 0 heterocycles. The van der Waals surface area contributed by atoms with Crippen LogP contribution in [0.4, 0.5) is 0 Å². The van der Waals surface area contributed by atoms with E-state index < -0.39 is 11.9 Å². The summed E-state index contributed by atoms with van der Waals surface area (Å²) in [5.41, 5.74) is 1.03. The maximum Gasteiger partial charge on any atom is 0.191 e. The molecule has 1 atom stereocenters. The number of benzene rings is 1. The predicted octanol–water partition coefficient (Wildman–Crippen LogP) is 0.655. The van der Waals surface area contributed by atoms with E-state index in [4.69, 9.17) is 9.84 Å². The fourth-order valence-corrected chi connectivity index (χ4v) is 1.20. The molecule has 1 rings (SSSR count). The summed E-state index contributed by atoms with van der Waals surface area (Å²) in [5.74, 6) is -2.07. The lowest BCUT2D eigenvalue weighted by molar-refractivity contribution is -0.229. The zero-order chi connectivity index (χ0) is 12.0. The van der Waals surface area contributed by atoms with Crippen molar-refractivity contribution in [2.75, 3.05) is 6.61 Å². The Morgan fingerprint density at radius 2 is 1.88 bits per heavy atom. The molecule has 90 valence electrons. The first kappa shape index (κ1) is 13.1. The highest BCUT2D eigenvalue weighted by Gasteiger charge is 2.28. The molecular formula is C12H18O4. The Bertz CT molecular complexity index is 295. The molecule has 3 N–H and O–H groups in total. The van der Waals surface area contributed by atoms with Gasteiger partial charge in [0, 0.05) is 6.42 Å². The van der Waals surface area contributed by atoms with E-state index in [-0.39, 0.29) is 13.0 Å². The molecule has 0 aliphatic carbocycles. The summed E-state index contributed by atoms with van der Waals surface area (Å²) >= 11 is 0. The normalized spacial score (nSPS) is 13.8. The summed E-state index contributed by atoms with van der Waals surface area (Å²) in [5, 5.41) is 27.7. The van der Waals surface area contributed by atoms with Crippen molar-refractivity contribution in [2.24, 2.45) is 0 Å². The molecule has 0 spiro atoms. The summed E-state index contributed by atoms with van der Waals surface area (Å²) in [6.07, 6.45) is -1.20. The second-order valence-electron chi connectivity index (χ2n) is 3.84. The molecule has 0 bridgehead atoms. The van der Waals surface area contributed by atoms with Crippen molar-refractivity contribution in [3.05, 3.63) is 35.9 Å². The molecule has 0 saturated heterocycles. The lowest BCUT2D eigenvalue weighted by atomic mass is 10.1. The van der Waals surface area contributed by atoms with E-state index in [1.54, 1.807) is 0 Å². The van der Waals surface area contributed by atoms with E-state index in [1.807, 2.05) is 30.3 Å². The number of hydrogen-bond acceptors (Lipinski definition) is 4. The highest BCUT2D eigenvalue weighted by Crippen LogP contribution is 2.12. The van der Waals surface area contributed by atoms with Crippen molar-refractivity contribution < 1.29 is 20.1 Å². The van der Waals surface area contributed by atoms with Crippen LogP contribution < -0.4 is 0 Å². The highest BCUT2D eigenvalue weighted by atomic mass is 16.5. The molecule has 0 amide bonds. The summed E-state index contributed by atoms with van der Waals surface area (Å²) in [4.78, 5) is 0. The first-order valence-corrected chi connectivity index (χ1v) is 5.27. The van der Waals surface area contributed by atoms with E-state index in [0.717, 1.165) is 5.56 Å². The molecule has 0 saturated carbocycles. The van der Waals surface area contributed by atoms with Crippen molar-refractivity contribution in [1.82, 2.24) is 0 Å². The Balaban J connectivity index is 2.22. The van der Waals surface area contributed by atoms with Crippen LogP contribution in [0.3, 0.4) is 0 Å². The van der Waals surface area contributed by atoms with E-state index in [9.17, 15) is 10.2 Å². The quantitative estimate of drug-likeness (QED) is 0.492. The van der Waals surface area contributed by atoms with Crippen LogP contribution in [0.5, 0.6) is 0 Å². The number of rotatable bonds is 6. The van der Waals surface area contributed by atoms with Crippen LogP contribution in [-0.4, -0.2) is 33.8 Å². The maximum absolute atomic E-state index is 9.31. The van der Waals surface area contributed by atoms with Crippen molar-refractivity contribution in [2.45, 2.75) is 31.8 Å². The zero-order valence-corrected chi connectivity index (χ0v) is 9.34. The standard InChI is InChI=1S/C12H18O4/c1-10(13)12(14,15)7-8-16-9-11-5-3-2-4-6-11/h2-6,10,13-15H,7-9H2,1H3. The predicted molar refractivity (Wildman–Crippen MR) is 59.6 cm³/mol. The van der Waals surface area contributed by atoms with E-state index in [1.165, 1.54) is 6.92 Å². The molecule has 4 nitrogen and oxygen atoms in total. The minimum absolute atomic E-state index is 0.0164. The summed E-state index contributed by atoms with van der Waals surface area (Å²) in [7, 11) is 0. The van der Waals surface area contributed by atoms with E-state index in [0.29, 0.717) is 6.61 Å². The van der Waals surface area contributed by atoms with Gasteiger partial charge in [-0.1, -0.05) is 30.3 Å². The maximum atomic E-state index is 9.31. The van der Waals surface area contributed by atoms with Crippen LogP contribution in [-0.2, 0) is 11.3 Å². The van der Waals surface area contributed by atoms with Gasteiger partial charge in [0.05, 0.1) is 13.2 Å². The zero-order valence-electron chi connectivity index (χ0n) is 9.34. The fraction of sp³-hybridized carbons (Fsp3) is 0.500. The molecule has 1 aromatic carbocycles. The summed E-state index contributed by atoms with van der Waals surface area (Å²) in [6.45, 7) is 1.95. The molecule has 0 aromatic heterocycles. The molecular weight excluding hydrogens is 208 g/mol. The average molecular weight is 226 g/mol. The summed E-state index contributed by atoms with van der Waals surface area (Å²) < 4.78 is 5.27. The lowest BCUT2D eigenvalue weighted by Gasteiger charge is -2.24. The minimum Gasteiger partial charge on any atom is -0.388 e. The third-order valence-electron chi connectivity index (χ3n) is 2.39. The van der Waals surface area contributed by atoms with E-state index >= 15 is 0 Å². The number of aliphatic hydroxyl groups is 3. The van der Waals surface area contributed by atoms with Crippen molar-refractivity contribution >= 4 is 0 Å². The van der Waals surface area contributed by atoms with Gasteiger partial charge in [0.1, 0.15) is 6.10 Å². The Hall–Kier alpha value is -0.940. The first-order chi connectivity index (χ1) is 7.52. The highest BCUT2D eigenvalue weighted by molar-refractivity contribution is 5.13. The monoisotopic (exact) mass is 226 g/mol. The third-order valence-corrected chi connectivity index (χ3v) is 2.39. The Morgan fingerprint density at radius 1 is 1.25 bits per heavy atom. The minimum atomic E-state index is -2.07. The van der Waals surface area contributed by atoms with Crippen LogP contribution in [0, 0.1) is 0 Å². The SMILES string of the molecule is CC(O)C(O)(O)CCOCc1ccccc1. The van der Waals surface area contributed by atoms with Gasteiger partial charge in [-0.05, 0) is 12.5 Å². The molecule has 1 unspecified atom stereocenters. The summed E-state index contributed by atoms with van der Waals surface area (Å²) in [6, 6.07) is 9.61. The smallest absolute Gasteiger partial charge is 0.191 e. The topological polar surface area (TPSA) is 69.9 Å². The molecule has 4 heteroatoms. The number of ether oxygens (including phenoxy) is 1. The molecule has 0 radical (unpaired) electrons. The molecule has 0 fully saturated rings. The van der Waals surface area contributed by atoms with E-state index in [2.05, 4.69) is 0 Å². The molecule has 1 aromatic rings. The van der Waals surface area contributed by atoms with Crippen LogP contribution >= 0.6 is 0 Å². The van der Waals surface area contributed by atoms with Crippen molar-refractivity contribution in [3.63, 3.8) is 0 Å². The Morgan fingerprint density at radius 3 is 2.44 bits per heavy atom. The van der Waals surface area contributed by atoms with Gasteiger partial charge < -0.3 is 20.1 Å². The van der Waals surface area contributed by atoms with Crippen LogP contribution in [0.15, 0.2) is 30.3 Å². The van der Waals surface area contributed by atoms with Gasteiger partial charge in [0.25, 0.3) is 0 Å². The largest absolute Gasteiger partial charge is 0.388 e. The van der Waals surface area contributed by atoms with Crippen LogP contribution in [0.2, 0.25) is 0 Å². The van der Waals surface area contributed by atoms with Gasteiger partial charge in [0.15, 0.2) is 5.79 Å². The number of aliphatic hydroxyl groups excluding tert-OH is 1. The molecule has 0 aliphatic rings. The fourth-order valence-electron chi connectivity index (χ4n) is 1.20. The van der Waals surface area contributed by atoms with Gasteiger partial charge in [-0.15, -0.1) is 0 Å². The Kier molecular flexibility index (Phi) is 4.89. The lowest BCUT2D eigenvalue weighted by Crippen LogP contribution is -2.41. The van der Waals surface area contributed by atoms with Gasteiger partial charge in [-0.3, -0.25) is 0 Å². The van der Waals surface area contributed by atoms with Crippen molar-refractivity contribution in [3.8, 4) is 0 Å². The van der Waals surface area contributed by atoms with Crippen molar-refractivity contribution in [1.29, 1.82) is 0 Å². The Labute approximate surface area is 95.1 Å². The number of hydrogen-bond donors (Lipinski definition) is 3. The average Bonchev–Trinajstić information content (AvgIpc) is 2.26. The van der Waals surface area contributed by atoms with Gasteiger partial charge in [-0.2, -0.15) is 0 Å². The van der Waals surface area contributed by atoms with Gasteiger partial charge >= 0.3 is 0 Å². The third kappa shape index (κ3) is 4.28. The van der Waals surface area contributed by atoms with Crippen LogP contribution in [0.1, 0.15) is 18.9 Å². The molecule has 16 heavy (non-hydrogen) atoms.